The van der Waals surface area contributed by atoms with Crippen LogP contribution in [0.25, 0.3) is 22.2 Å². The Morgan fingerprint density at radius 1 is 1.14 bits per heavy atom. The van der Waals surface area contributed by atoms with Crippen LogP contribution in [-0.2, 0) is 0 Å². The van der Waals surface area contributed by atoms with Crippen molar-refractivity contribution in [2.24, 2.45) is 0 Å². The van der Waals surface area contributed by atoms with Gasteiger partial charge in [-0.2, -0.15) is 0 Å². The zero-order valence-corrected chi connectivity index (χ0v) is 13.6. The summed E-state index contributed by atoms with van der Waals surface area (Å²) in [5.41, 5.74) is 6.83. The van der Waals surface area contributed by atoms with Gasteiger partial charge in [0.2, 0.25) is 0 Å². The number of anilines is 1. The monoisotopic (exact) mass is 297 g/mol. The summed E-state index contributed by atoms with van der Waals surface area (Å²) < 4.78 is 0. The van der Waals surface area contributed by atoms with Crippen molar-refractivity contribution in [3.05, 3.63) is 40.4 Å². The highest BCUT2D eigenvalue weighted by Crippen LogP contribution is 2.32. The fourth-order valence-corrected chi connectivity index (χ4v) is 3.28. The van der Waals surface area contributed by atoms with Crippen LogP contribution < -0.4 is 5.32 Å². The number of thiazole rings is 1. The molecule has 3 nitrogen and oxygen atoms in total. The molecule has 0 saturated carbocycles. The zero-order valence-electron chi connectivity index (χ0n) is 12.8. The number of hydrogen-bond acceptors (Lipinski definition) is 4. The average Bonchev–Trinajstić information content (AvgIpc) is 2.91. The van der Waals surface area contributed by atoms with E-state index in [1.165, 1.54) is 22.1 Å². The molecule has 0 atom stereocenters. The summed E-state index contributed by atoms with van der Waals surface area (Å²) in [4.78, 5) is 9.42. The summed E-state index contributed by atoms with van der Waals surface area (Å²) in [6.45, 7) is 9.28. The van der Waals surface area contributed by atoms with Crippen LogP contribution in [0.15, 0.2) is 23.6 Å². The van der Waals surface area contributed by atoms with E-state index in [9.17, 15) is 0 Å². The van der Waals surface area contributed by atoms with Crippen molar-refractivity contribution < 1.29 is 0 Å². The summed E-state index contributed by atoms with van der Waals surface area (Å²) in [5.74, 6) is 0. The van der Waals surface area contributed by atoms with E-state index in [2.05, 4.69) is 49.7 Å². The Bertz CT molecular complexity index is 805. The number of benzene rings is 1. The van der Waals surface area contributed by atoms with Gasteiger partial charge in [-0.05, 0) is 44.9 Å². The number of aryl methyl sites for hydroxylation is 3. The van der Waals surface area contributed by atoms with Crippen LogP contribution >= 0.6 is 11.3 Å². The van der Waals surface area contributed by atoms with Gasteiger partial charge in [0.05, 0.1) is 11.2 Å². The highest BCUT2D eigenvalue weighted by molar-refractivity contribution is 7.14. The van der Waals surface area contributed by atoms with Gasteiger partial charge in [0, 0.05) is 28.6 Å². The van der Waals surface area contributed by atoms with Crippen molar-refractivity contribution in [3.8, 4) is 11.3 Å². The quantitative estimate of drug-likeness (QED) is 0.760. The van der Waals surface area contributed by atoms with Crippen molar-refractivity contribution in [3.63, 3.8) is 0 Å². The van der Waals surface area contributed by atoms with Gasteiger partial charge in [0.1, 0.15) is 0 Å². The Labute approximate surface area is 129 Å². The van der Waals surface area contributed by atoms with Crippen molar-refractivity contribution in [1.82, 2.24) is 9.97 Å². The normalized spacial score (nSPS) is 11.0. The maximum atomic E-state index is 4.73. The van der Waals surface area contributed by atoms with E-state index in [4.69, 9.17) is 9.97 Å². The predicted octanol–water partition coefficient (Wildman–Crippen LogP) is 4.72. The Balaban J connectivity index is 2.23. The molecule has 0 aliphatic carbocycles. The van der Waals surface area contributed by atoms with Crippen LogP contribution in [0.1, 0.15) is 23.7 Å². The first-order valence-corrected chi connectivity index (χ1v) is 8.05. The zero-order chi connectivity index (χ0) is 15.0. The Morgan fingerprint density at radius 2 is 1.95 bits per heavy atom. The molecule has 1 N–H and O–H groups in total. The van der Waals surface area contributed by atoms with Crippen LogP contribution in [-0.4, -0.2) is 16.5 Å². The molecule has 0 bridgehead atoms. The molecule has 0 radical (unpaired) electrons. The van der Waals surface area contributed by atoms with Crippen molar-refractivity contribution in [2.45, 2.75) is 27.7 Å². The molecular weight excluding hydrogens is 278 g/mol. The maximum Gasteiger partial charge on any atom is 0.183 e. The lowest BCUT2D eigenvalue weighted by Crippen LogP contribution is -1.96. The van der Waals surface area contributed by atoms with Gasteiger partial charge in [0.25, 0.3) is 0 Å². The first-order valence-electron chi connectivity index (χ1n) is 7.17. The fourth-order valence-electron chi connectivity index (χ4n) is 2.50. The SMILES string of the molecule is CCNc1nc(-c2cc(C)nc3c(C)c(C)ccc23)cs1. The Hall–Kier alpha value is -1.94. The van der Waals surface area contributed by atoms with Crippen LogP contribution in [0.5, 0.6) is 0 Å². The minimum Gasteiger partial charge on any atom is -0.362 e. The molecule has 0 spiro atoms. The third kappa shape index (κ3) is 2.51. The molecule has 0 amide bonds. The highest BCUT2D eigenvalue weighted by Gasteiger charge is 2.12. The molecule has 0 aliphatic heterocycles. The second kappa shape index (κ2) is 5.45. The van der Waals surface area contributed by atoms with Gasteiger partial charge in [0.15, 0.2) is 5.13 Å². The number of nitrogens with zero attached hydrogens (tertiary/aromatic N) is 2. The maximum absolute atomic E-state index is 4.73. The van der Waals surface area contributed by atoms with E-state index in [-0.39, 0.29) is 0 Å². The molecule has 0 unspecified atom stereocenters. The topological polar surface area (TPSA) is 37.8 Å². The number of pyridine rings is 1. The van der Waals surface area contributed by atoms with Crippen LogP contribution in [0.4, 0.5) is 5.13 Å². The molecule has 2 heterocycles. The van der Waals surface area contributed by atoms with Crippen molar-refractivity contribution in [1.29, 1.82) is 0 Å². The lowest BCUT2D eigenvalue weighted by Gasteiger charge is -2.10. The smallest absolute Gasteiger partial charge is 0.183 e. The van der Waals surface area contributed by atoms with E-state index in [1.807, 2.05) is 6.92 Å². The Morgan fingerprint density at radius 3 is 2.71 bits per heavy atom. The van der Waals surface area contributed by atoms with Gasteiger partial charge in [-0.15, -0.1) is 11.3 Å². The number of rotatable bonds is 3. The lowest BCUT2D eigenvalue weighted by molar-refractivity contribution is 1.19. The third-order valence-electron chi connectivity index (χ3n) is 3.74. The fraction of sp³-hybridized carbons (Fsp3) is 0.294. The molecule has 108 valence electrons. The largest absolute Gasteiger partial charge is 0.362 e. The number of hydrogen-bond donors (Lipinski definition) is 1. The molecule has 4 heteroatoms. The molecule has 3 rings (SSSR count). The molecule has 0 saturated heterocycles. The van der Waals surface area contributed by atoms with E-state index in [1.54, 1.807) is 11.3 Å². The van der Waals surface area contributed by atoms with Gasteiger partial charge in [-0.1, -0.05) is 12.1 Å². The minimum absolute atomic E-state index is 0.890. The molecule has 2 aromatic heterocycles. The van der Waals surface area contributed by atoms with E-state index in [0.29, 0.717) is 0 Å². The van der Waals surface area contributed by atoms with Gasteiger partial charge >= 0.3 is 0 Å². The highest BCUT2D eigenvalue weighted by atomic mass is 32.1. The molecule has 0 fully saturated rings. The van der Waals surface area contributed by atoms with Crippen molar-refractivity contribution >= 4 is 27.4 Å². The second-order valence-electron chi connectivity index (χ2n) is 5.28. The third-order valence-corrected chi connectivity index (χ3v) is 4.54. The summed E-state index contributed by atoms with van der Waals surface area (Å²) in [7, 11) is 0. The first-order chi connectivity index (χ1) is 10.1. The van der Waals surface area contributed by atoms with Crippen LogP contribution in [0.2, 0.25) is 0 Å². The van der Waals surface area contributed by atoms with Crippen molar-refractivity contribution in [2.75, 3.05) is 11.9 Å². The number of fused-ring (bicyclic) bond motifs is 1. The molecule has 0 aliphatic rings. The van der Waals surface area contributed by atoms with Crippen LogP contribution in [0, 0.1) is 20.8 Å². The van der Waals surface area contributed by atoms with E-state index >= 15 is 0 Å². The van der Waals surface area contributed by atoms with E-state index in [0.717, 1.165) is 28.6 Å². The summed E-state index contributed by atoms with van der Waals surface area (Å²) in [6.07, 6.45) is 0. The Kier molecular flexibility index (Phi) is 3.64. The summed E-state index contributed by atoms with van der Waals surface area (Å²) in [5, 5.41) is 7.53. The molecule has 21 heavy (non-hydrogen) atoms. The van der Waals surface area contributed by atoms with Gasteiger partial charge in [-0.3, -0.25) is 4.98 Å². The number of aromatic nitrogens is 2. The van der Waals surface area contributed by atoms with E-state index < -0.39 is 0 Å². The standard InChI is InChI=1S/C17H19N3S/c1-5-18-17-20-15(9-21-17)14-8-11(3)19-16-12(4)10(2)6-7-13(14)16/h6-9H,5H2,1-4H3,(H,18,20). The average molecular weight is 297 g/mol. The minimum atomic E-state index is 0.890. The van der Waals surface area contributed by atoms with Crippen LogP contribution in [0.3, 0.4) is 0 Å². The number of nitrogens with one attached hydrogen (secondary N) is 1. The summed E-state index contributed by atoms with van der Waals surface area (Å²) in [6, 6.07) is 6.45. The van der Waals surface area contributed by atoms with Gasteiger partial charge < -0.3 is 5.32 Å². The molecule has 3 aromatic rings. The second-order valence-corrected chi connectivity index (χ2v) is 6.14. The molecule has 1 aromatic carbocycles. The lowest BCUT2D eigenvalue weighted by atomic mass is 10.00. The van der Waals surface area contributed by atoms with Gasteiger partial charge in [-0.25, -0.2) is 4.98 Å². The summed E-state index contributed by atoms with van der Waals surface area (Å²) >= 11 is 1.65. The molecular formula is C17H19N3S. The predicted molar refractivity (Wildman–Crippen MR) is 91.2 cm³/mol. The first kappa shape index (κ1) is 14.0.